The Morgan fingerprint density at radius 2 is 1.34 bits per heavy atom. The van der Waals surface area contributed by atoms with Gasteiger partial charge in [-0.25, -0.2) is 14.5 Å². The highest BCUT2D eigenvalue weighted by Crippen LogP contribution is 2.31. The molecule has 0 saturated heterocycles. The first-order chi connectivity index (χ1) is 15.1. The second kappa shape index (κ2) is 7.98. The third-order valence-electron chi connectivity index (χ3n) is 4.36. The van der Waals surface area contributed by atoms with E-state index in [9.17, 15) is 26.3 Å². The lowest BCUT2D eigenvalue weighted by atomic mass is 10.2. The van der Waals surface area contributed by atoms with Gasteiger partial charge in [-0.1, -0.05) is 6.07 Å². The van der Waals surface area contributed by atoms with E-state index in [0.717, 1.165) is 24.3 Å². The minimum Gasteiger partial charge on any atom is -0.336 e. The summed E-state index contributed by atoms with van der Waals surface area (Å²) >= 11 is 0. The molecule has 0 spiro atoms. The van der Waals surface area contributed by atoms with Crippen molar-refractivity contribution in [3.63, 3.8) is 0 Å². The van der Waals surface area contributed by atoms with Crippen LogP contribution in [0.5, 0.6) is 0 Å². The van der Waals surface area contributed by atoms with Crippen molar-refractivity contribution in [3.8, 4) is 0 Å². The van der Waals surface area contributed by atoms with Gasteiger partial charge in [0.2, 0.25) is 0 Å². The molecule has 2 heterocycles. The Hall–Kier alpha value is -3.89. The van der Waals surface area contributed by atoms with Crippen LogP contribution in [0.3, 0.4) is 0 Å². The van der Waals surface area contributed by atoms with Gasteiger partial charge in [0.05, 0.1) is 16.8 Å². The fourth-order valence-corrected chi connectivity index (χ4v) is 2.80. The van der Waals surface area contributed by atoms with Crippen molar-refractivity contribution in [2.24, 2.45) is 4.99 Å². The summed E-state index contributed by atoms with van der Waals surface area (Å²) in [4.78, 5) is 8.63. The number of nitrogens with one attached hydrogen (secondary N) is 1. The highest BCUT2D eigenvalue weighted by atomic mass is 19.4. The Balaban J connectivity index is 1.76. The van der Waals surface area contributed by atoms with Gasteiger partial charge in [-0.2, -0.15) is 26.3 Å². The van der Waals surface area contributed by atoms with E-state index in [-0.39, 0.29) is 17.0 Å². The van der Waals surface area contributed by atoms with Crippen LogP contribution in [0.4, 0.5) is 43.5 Å². The summed E-state index contributed by atoms with van der Waals surface area (Å²) in [5, 5.41) is 7.21. The Morgan fingerprint density at radius 1 is 0.750 bits per heavy atom. The Bertz CT molecular complexity index is 1310. The molecule has 0 unspecified atom stereocenters. The zero-order chi connectivity index (χ0) is 22.9. The summed E-state index contributed by atoms with van der Waals surface area (Å²) in [7, 11) is 0. The van der Waals surface area contributed by atoms with Crippen molar-refractivity contribution in [3.05, 3.63) is 89.5 Å². The van der Waals surface area contributed by atoms with Gasteiger partial charge in [-0.3, -0.25) is 0 Å². The van der Waals surface area contributed by atoms with E-state index in [1.807, 2.05) is 0 Å². The van der Waals surface area contributed by atoms with Gasteiger partial charge in [-0.05, 0) is 60.7 Å². The fraction of sp³-hybridized carbons (Fsp3) is 0.0952. The molecule has 2 aromatic heterocycles. The van der Waals surface area contributed by atoms with Gasteiger partial charge < -0.3 is 5.32 Å². The van der Waals surface area contributed by atoms with Crippen LogP contribution >= 0.6 is 0 Å². The second-order valence-corrected chi connectivity index (χ2v) is 6.64. The fourth-order valence-electron chi connectivity index (χ4n) is 2.80. The van der Waals surface area contributed by atoms with E-state index in [1.54, 1.807) is 24.4 Å². The zero-order valence-corrected chi connectivity index (χ0v) is 16.0. The highest BCUT2D eigenvalue weighted by Gasteiger charge is 2.30. The maximum atomic E-state index is 12.8. The van der Waals surface area contributed by atoms with Crippen LogP contribution in [-0.4, -0.2) is 14.6 Å². The third-order valence-corrected chi connectivity index (χ3v) is 4.36. The number of nitrogens with zero attached hydrogens (tertiary/aromatic N) is 4. The predicted octanol–water partition coefficient (Wildman–Crippen LogP) is 5.74. The van der Waals surface area contributed by atoms with Crippen LogP contribution in [0.25, 0.3) is 5.65 Å². The van der Waals surface area contributed by atoms with Crippen molar-refractivity contribution >= 4 is 22.8 Å². The van der Waals surface area contributed by atoms with E-state index in [2.05, 4.69) is 20.4 Å². The average molecular weight is 449 g/mol. The Kier molecular flexibility index (Phi) is 5.33. The number of aromatic nitrogens is 3. The molecule has 164 valence electrons. The molecular weight excluding hydrogens is 436 g/mol. The second-order valence-electron chi connectivity index (χ2n) is 6.64. The molecule has 0 aliphatic rings. The lowest BCUT2D eigenvalue weighted by molar-refractivity contribution is -0.138. The summed E-state index contributed by atoms with van der Waals surface area (Å²) in [6.07, 6.45) is -7.34. The first kappa shape index (κ1) is 21.3. The van der Waals surface area contributed by atoms with E-state index < -0.39 is 23.5 Å². The van der Waals surface area contributed by atoms with Crippen molar-refractivity contribution in [2.75, 3.05) is 5.32 Å². The summed E-state index contributed by atoms with van der Waals surface area (Å²) < 4.78 is 78.2. The average Bonchev–Trinajstić information content (AvgIpc) is 2.73. The Labute approximate surface area is 176 Å². The number of benzene rings is 2. The molecule has 4 aromatic rings. The van der Waals surface area contributed by atoms with E-state index in [0.29, 0.717) is 11.3 Å². The topological polar surface area (TPSA) is 54.6 Å². The number of hydrogen-bond acceptors (Lipinski definition) is 4. The number of anilines is 2. The molecule has 4 rings (SSSR count). The lowest BCUT2D eigenvalue weighted by Crippen LogP contribution is -2.19. The minimum absolute atomic E-state index is 0.0517. The van der Waals surface area contributed by atoms with E-state index in [4.69, 9.17) is 0 Å². The molecule has 0 aliphatic heterocycles. The smallest absolute Gasteiger partial charge is 0.336 e. The van der Waals surface area contributed by atoms with Gasteiger partial charge in [0.15, 0.2) is 17.0 Å². The highest BCUT2D eigenvalue weighted by molar-refractivity contribution is 5.57. The van der Waals surface area contributed by atoms with Gasteiger partial charge in [0.25, 0.3) is 0 Å². The van der Waals surface area contributed by atoms with Crippen LogP contribution in [0.1, 0.15) is 11.1 Å². The van der Waals surface area contributed by atoms with Crippen LogP contribution in [0, 0.1) is 0 Å². The Morgan fingerprint density at radius 3 is 1.94 bits per heavy atom. The van der Waals surface area contributed by atoms with Crippen molar-refractivity contribution < 1.29 is 26.3 Å². The lowest BCUT2D eigenvalue weighted by Gasteiger charge is -2.10. The van der Waals surface area contributed by atoms with E-state index >= 15 is 0 Å². The molecule has 0 bridgehead atoms. The summed E-state index contributed by atoms with van der Waals surface area (Å²) in [5.74, 6) is 0.105. The van der Waals surface area contributed by atoms with Crippen molar-refractivity contribution in [2.45, 2.75) is 12.4 Å². The monoisotopic (exact) mass is 449 g/mol. The molecule has 2 aromatic carbocycles. The van der Waals surface area contributed by atoms with Gasteiger partial charge in [0, 0.05) is 11.9 Å². The molecule has 0 radical (unpaired) electrons. The van der Waals surface area contributed by atoms with E-state index in [1.165, 1.54) is 28.8 Å². The number of hydrogen-bond donors (Lipinski definition) is 1. The number of fused-ring (bicyclic) bond motifs is 1. The van der Waals surface area contributed by atoms with Gasteiger partial charge >= 0.3 is 12.4 Å². The largest absolute Gasteiger partial charge is 0.416 e. The van der Waals surface area contributed by atoms with Crippen molar-refractivity contribution in [1.82, 2.24) is 14.6 Å². The summed E-state index contributed by atoms with van der Waals surface area (Å²) in [6, 6.07) is 13.5. The molecule has 0 saturated carbocycles. The molecule has 1 N–H and O–H groups in total. The van der Waals surface area contributed by atoms with Gasteiger partial charge in [0.1, 0.15) is 0 Å². The normalized spacial score (nSPS) is 12.9. The maximum absolute atomic E-state index is 12.8. The molecular formula is C21H13F6N5. The first-order valence-electron chi connectivity index (χ1n) is 9.12. The third kappa shape index (κ3) is 4.71. The van der Waals surface area contributed by atoms with Gasteiger partial charge in [-0.15, -0.1) is 5.10 Å². The number of rotatable bonds is 3. The molecule has 0 aliphatic carbocycles. The van der Waals surface area contributed by atoms with Crippen LogP contribution in [-0.2, 0) is 12.4 Å². The van der Waals surface area contributed by atoms with Crippen LogP contribution in [0.2, 0.25) is 0 Å². The molecule has 0 atom stereocenters. The van der Waals surface area contributed by atoms with Crippen LogP contribution < -0.4 is 10.8 Å². The SMILES string of the molecule is FC(F)(F)c1ccc(N=c2nc3ccccn3nc2Nc2ccc(C(F)(F)F)cc2)cc1. The maximum Gasteiger partial charge on any atom is 0.416 e. The zero-order valence-electron chi connectivity index (χ0n) is 16.0. The minimum atomic E-state index is -4.48. The summed E-state index contributed by atoms with van der Waals surface area (Å²) in [6.45, 7) is 0. The number of halogens is 6. The number of alkyl halides is 6. The summed E-state index contributed by atoms with van der Waals surface area (Å²) in [5.41, 5.74) is -0.668. The predicted molar refractivity (Wildman–Crippen MR) is 104 cm³/mol. The quantitative estimate of drug-likeness (QED) is 0.406. The molecule has 11 heteroatoms. The number of pyridine rings is 1. The molecule has 5 nitrogen and oxygen atoms in total. The molecule has 0 fully saturated rings. The first-order valence-corrected chi connectivity index (χ1v) is 9.12. The molecule has 32 heavy (non-hydrogen) atoms. The standard InChI is InChI=1S/C21H13F6N5/c22-20(23,24)13-4-8-15(9-5-13)28-18-19(31-32-12-2-1-3-17(32)30-18)29-16-10-6-14(7-11-16)21(25,26)27/h1-12H,(H,29,31). The van der Waals surface area contributed by atoms with Crippen molar-refractivity contribution in [1.29, 1.82) is 0 Å². The molecule has 0 amide bonds. The van der Waals surface area contributed by atoms with Crippen LogP contribution in [0.15, 0.2) is 77.9 Å².